The SMILES string of the molecule is c1ccc2c([SiH2]C3CCOCC3)cccc2c1. The first-order chi connectivity index (χ1) is 8.43. The third-order valence-corrected chi connectivity index (χ3v) is 6.18. The van der Waals surface area contributed by atoms with E-state index in [0.717, 1.165) is 18.8 Å². The summed E-state index contributed by atoms with van der Waals surface area (Å²) in [6.07, 6.45) is 2.55. The van der Waals surface area contributed by atoms with E-state index in [-0.39, 0.29) is 9.52 Å². The van der Waals surface area contributed by atoms with Gasteiger partial charge in [-0.3, -0.25) is 0 Å². The van der Waals surface area contributed by atoms with Gasteiger partial charge in [0.05, 0.1) is 9.52 Å². The van der Waals surface area contributed by atoms with Crippen molar-refractivity contribution in [3.63, 3.8) is 0 Å². The molecule has 2 aromatic carbocycles. The van der Waals surface area contributed by atoms with Crippen molar-refractivity contribution in [2.45, 2.75) is 18.4 Å². The minimum absolute atomic E-state index is 0.159. The van der Waals surface area contributed by atoms with Crippen LogP contribution in [0, 0.1) is 0 Å². The van der Waals surface area contributed by atoms with Crippen LogP contribution in [-0.4, -0.2) is 22.7 Å². The van der Waals surface area contributed by atoms with Gasteiger partial charge in [-0.15, -0.1) is 0 Å². The lowest BCUT2D eigenvalue weighted by Crippen LogP contribution is -2.25. The van der Waals surface area contributed by atoms with Crippen molar-refractivity contribution in [3.8, 4) is 0 Å². The van der Waals surface area contributed by atoms with Gasteiger partial charge in [0, 0.05) is 13.2 Å². The molecule has 1 fully saturated rings. The maximum atomic E-state index is 5.45. The van der Waals surface area contributed by atoms with Crippen LogP contribution in [0.15, 0.2) is 42.5 Å². The van der Waals surface area contributed by atoms with E-state index in [1.165, 1.54) is 23.6 Å². The molecule has 0 N–H and O–H groups in total. The largest absolute Gasteiger partial charge is 0.381 e. The van der Waals surface area contributed by atoms with Crippen LogP contribution < -0.4 is 5.19 Å². The van der Waals surface area contributed by atoms with Crippen molar-refractivity contribution in [1.29, 1.82) is 0 Å². The Hall–Kier alpha value is -1.12. The van der Waals surface area contributed by atoms with Gasteiger partial charge in [0.1, 0.15) is 0 Å². The van der Waals surface area contributed by atoms with Crippen LogP contribution >= 0.6 is 0 Å². The highest BCUT2D eigenvalue weighted by atomic mass is 28.2. The Kier molecular flexibility index (Phi) is 3.25. The van der Waals surface area contributed by atoms with Gasteiger partial charge in [-0.2, -0.15) is 0 Å². The first-order valence-corrected chi connectivity index (χ1v) is 8.00. The highest BCUT2D eigenvalue weighted by Crippen LogP contribution is 2.20. The second-order valence-corrected chi connectivity index (χ2v) is 7.22. The fraction of sp³-hybridized carbons (Fsp3) is 0.333. The molecule has 0 atom stereocenters. The molecular weight excluding hydrogens is 224 g/mol. The molecule has 2 heteroatoms. The highest BCUT2D eigenvalue weighted by Gasteiger charge is 2.15. The molecule has 3 rings (SSSR count). The zero-order valence-electron chi connectivity index (χ0n) is 10.1. The van der Waals surface area contributed by atoms with Crippen LogP contribution in [0.5, 0.6) is 0 Å². The molecule has 17 heavy (non-hydrogen) atoms. The predicted molar refractivity (Wildman–Crippen MR) is 75.9 cm³/mol. The van der Waals surface area contributed by atoms with E-state index in [1.807, 2.05) is 0 Å². The first-order valence-electron chi connectivity index (χ1n) is 6.48. The van der Waals surface area contributed by atoms with Crippen molar-refractivity contribution in [2.75, 3.05) is 13.2 Å². The highest BCUT2D eigenvalue weighted by molar-refractivity contribution is 6.58. The summed E-state index contributed by atoms with van der Waals surface area (Å²) in [5.41, 5.74) is 0.939. The maximum absolute atomic E-state index is 5.45. The van der Waals surface area contributed by atoms with Gasteiger partial charge >= 0.3 is 0 Å². The summed E-state index contributed by atoms with van der Waals surface area (Å²) < 4.78 is 5.45. The van der Waals surface area contributed by atoms with E-state index in [9.17, 15) is 0 Å². The number of hydrogen-bond donors (Lipinski definition) is 0. The first kappa shape index (κ1) is 11.0. The summed E-state index contributed by atoms with van der Waals surface area (Å²) in [5.74, 6) is 0. The van der Waals surface area contributed by atoms with E-state index in [4.69, 9.17) is 4.74 Å². The van der Waals surface area contributed by atoms with Crippen molar-refractivity contribution in [3.05, 3.63) is 42.5 Å². The van der Waals surface area contributed by atoms with E-state index >= 15 is 0 Å². The van der Waals surface area contributed by atoms with E-state index < -0.39 is 0 Å². The fourth-order valence-corrected chi connectivity index (χ4v) is 4.91. The lowest BCUT2D eigenvalue weighted by molar-refractivity contribution is 0.0970. The number of hydrogen-bond acceptors (Lipinski definition) is 1. The molecule has 1 saturated heterocycles. The van der Waals surface area contributed by atoms with Crippen LogP contribution in [0.3, 0.4) is 0 Å². The Bertz CT molecular complexity index is 498. The van der Waals surface area contributed by atoms with Crippen LogP contribution in [0.1, 0.15) is 12.8 Å². The third-order valence-electron chi connectivity index (χ3n) is 3.73. The zero-order chi connectivity index (χ0) is 11.5. The van der Waals surface area contributed by atoms with Crippen molar-refractivity contribution in [1.82, 2.24) is 0 Å². The molecule has 0 spiro atoms. The topological polar surface area (TPSA) is 9.23 Å². The normalized spacial score (nSPS) is 18.1. The lowest BCUT2D eigenvalue weighted by Gasteiger charge is -2.22. The summed E-state index contributed by atoms with van der Waals surface area (Å²) in [6, 6.07) is 15.5. The summed E-state index contributed by atoms with van der Waals surface area (Å²) in [5, 5.41) is 4.51. The second kappa shape index (κ2) is 5.03. The molecule has 0 amide bonds. The van der Waals surface area contributed by atoms with Gasteiger partial charge in [0.15, 0.2) is 0 Å². The van der Waals surface area contributed by atoms with E-state index in [0.29, 0.717) is 0 Å². The van der Waals surface area contributed by atoms with Crippen molar-refractivity contribution >= 4 is 25.5 Å². The van der Waals surface area contributed by atoms with Gasteiger partial charge in [0.2, 0.25) is 0 Å². The molecule has 0 unspecified atom stereocenters. The third kappa shape index (κ3) is 2.43. The average Bonchev–Trinajstić information content (AvgIpc) is 2.40. The van der Waals surface area contributed by atoms with Gasteiger partial charge in [-0.1, -0.05) is 47.7 Å². The molecule has 1 aliphatic heterocycles. The molecule has 1 nitrogen and oxygen atoms in total. The van der Waals surface area contributed by atoms with Gasteiger partial charge in [-0.25, -0.2) is 0 Å². The Morgan fingerprint density at radius 3 is 2.59 bits per heavy atom. The number of ether oxygens (including phenoxy) is 1. The summed E-state index contributed by atoms with van der Waals surface area (Å²) in [4.78, 5) is 0. The minimum Gasteiger partial charge on any atom is -0.381 e. The van der Waals surface area contributed by atoms with Crippen molar-refractivity contribution < 1.29 is 4.74 Å². The van der Waals surface area contributed by atoms with Gasteiger partial charge < -0.3 is 4.74 Å². The summed E-state index contributed by atoms with van der Waals surface area (Å²) >= 11 is 0. The Labute approximate surface area is 105 Å². The Balaban J connectivity index is 1.89. The average molecular weight is 242 g/mol. The molecule has 0 radical (unpaired) electrons. The molecule has 2 aromatic rings. The molecular formula is C15H18OSi. The van der Waals surface area contributed by atoms with Gasteiger partial charge in [-0.05, 0) is 29.2 Å². The number of rotatable bonds is 2. The summed E-state index contributed by atoms with van der Waals surface area (Å²) in [6.45, 7) is 1.95. The standard InChI is InChI=1S/C15H18OSi/c1-2-6-14-12(4-1)5-3-7-15(14)17-13-8-10-16-11-9-13/h1-7,13H,8-11,17H2. The Morgan fingerprint density at radius 2 is 1.71 bits per heavy atom. The van der Waals surface area contributed by atoms with E-state index in [1.54, 1.807) is 5.19 Å². The van der Waals surface area contributed by atoms with Crippen LogP contribution in [-0.2, 0) is 4.74 Å². The molecule has 0 aromatic heterocycles. The summed E-state index contributed by atoms with van der Waals surface area (Å²) in [7, 11) is -0.159. The quantitative estimate of drug-likeness (QED) is 0.734. The molecule has 1 heterocycles. The molecule has 0 bridgehead atoms. The molecule has 1 aliphatic rings. The van der Waals surface area contributed by atoms with Gasteiger partial charge in [0.25, 0.3) is 0 Å². The van der Waals surface area contributed by atoms with E-state index in [2.05, 4.69) is 42.5 Å². The smallest absolute Gasteiger partial charge is 0.0588 e. The molecule has 0 aliphatic carbocycles. The predicted octanol–water partition coefficient (Wildman–Crippen LogP) is 2.23. The van der Waals surface area contributed by atoms with Crippen LogP contribution in [0.4, 0.5) is 0 Å². The monoisotopic (exact) mass is 242 g/mol. The number of fused-ring (bicyclic) bond motifs is 1. The second-order valence-electron chi connectivity index (χ2n) is 4.90. The molecule has 0 saturated carbocycles. The fourth-order valence-electron chi connectivity index (χ4n) is 2.73. The number of benzene rings is 2. The lowest BCUT2D eigenvalue weighted by atomic mass is 10.1. The Morgan fingerprint density at radius 1 is 0.941 bits per heavy atom. The van der Waals surface area contributed by atoms with Crippen molar-refractivity contribution in [2.24, 2.45) is 0 Å². The van der Waals surface area contributed by atoms with Crippen LogP contribution in [0.25, 0.3) is 10.8 Å². The zero-order valence-corrected chi connectivity index (χ0v) is 11.5. The maximum Gasteiger partial charge on any atom is 0.0588 e. The van der Waals surface area contributed by atoms with Crippen LogP contribution in [0.2, 0.25) is 5.54 Å². The molecule has 88 valence electrons. The minimum atomic E-state index is -0.159.